The molecule has 0 heterocycles. The SMILES string of the molecule is COc1ccc(CN(C)C(=O)CCNC=O)cc1. The number of amides is 2. The lowest BCUT2D eigenvalue weighted by molar-refractivity contribution is -0.130. The van der Waals surface area contributed by atoms with Crippen LogP contribution in [0.4, 0.5) is 0 Å². The number of carbonyl (C=O) groups excluding carboxylic acids is 2. The van der Waals surface area contributed by atoms with Gasteiger partial charge in [-0.2, -0.15) is 0 Å². The van der Waals surface area contributed by atoms with E-state index in [0.29, 0.717) is 25.9 Å². The van der Waals surface area contributed by atoms with E-state index in [1.165, 1.54) is 0 Å². The lowest BCUT2D eigenvalue weighted by Crippen LogP contribution is -2.29. The molecule has 0 saturated heterocycles. The fourth-order valence-electron chi connectivity index (χ4n) is 1.52. The average molecular weight is 250 g/mol. The third-order valence-electron chi connectivity index (χ3n) is 2.57. The van der Waals surface area contributed by atoms with Gasteiger partial charge < -0.3 is 15.0 Å². The van der Waals surface area contributed by atoms with E-state index in [1.807, 2.05) is 24.3 Å². The third kappa shape index (κ3) is 4.45. The molecule has 0 fully saturated rings. The first kappa shape index (κ1) is 14.0. The minimum absolute atomic E-state index is 0.000156. The predicted octanol–water partition coefficient (Wildman–Crippen LogP) is 0.790. The fourth-order valence-corrected chi connectivity index (χ4v) is 1.52. The van der Waals surface area contributed by atoms with Gasteiger partial charge in [-0.25, -0.2) is 0 Å². The maximum absolute atomic E-state index is 11.7. The Balaban J connectivity index is 2.44. The van der Waals surface area contributed by atoms with Crippen molar-refractivity contribution in [3.63, 3.8) is 0 Å². The van der Waals surface area contributed by atoms with Crippen LogP contribution in [0.1, 0.15) is 12.0 Å². The highest BCUT2D eigenvalue weighted by molar-refractivity contribution is 5.76. The van der Waals surface area contributed by atoms with Crippen LogP contribution in [0, 0.1) is 0 Å². The zero-order valence-electron chi connectivity index (χ0n) is 10.7. The number of benzene rings is 1. The van der Waals surface area contributed by atoms with Crippen LogP contribution in [0.15, 0.2) is 24.3 Å². The van der Waals surface area contributed by atoms with E-state index < -0.39 is 0 Å². The largest absolute Gasteiger partial charge is 0.497 e. The number of carbonyl (C=O) groups is 2. The Bertz CT molecular complexity index is 390. The molecule has 1 aromatic rings. The van der Waals surface area contributed by atoms with Crippen LogP contribution < -0.4 is 10.1 Å². The van der Waals surface area contributed by atoms with Gasteiger partial charge >= 0.3 is 0 Å². The molecular formula is C13H18N2O3. The normalized spacial score (nSPS) is 9.67. The molecule has 5 nitrogen and oxygen atoms in total. The standard InChI is InChI=1S/C13H18N2O3/c1-15(13(17)7-8-14-10-16)9-11-3-5-12(18-2)6-4-11/h3-6,10H,7-9H2,1-2H3,(H,14,16). The zero-order chi connectivity index (χ0) is 13.4. The van der Waals surface area contributed by atoms with Gasteiger partial charge in [0.2, 0.25) is 12.3 Å². The summed E-state index contributed by atoms with van der Waals surface area (Å²) in [6, 6.07) is 7.57. The molecule has 5 heteroatoms. The van der Waals surface area contributed by atoms with Gasteiger partial charge in [0, 0.05) is 26.6 Å². The summed E-state index contributed by atoms with van der Waals surface area (Å²) in [7, 11) is 3.36. The van der Waals surface area contributed by atoms with E-state index in [4.69, 9.17) is 4.74 Å². The molecule has 0 aliphatic heterocycles. The minimum atomic E-state index is 0.000156. The highest BCUT2D eigenvalue weighted by atomic mass is 16.5. The van der Waals surface area contributed by atoms with Crippen LogP contribution in [0.5, 0.6) is 5.75 Å². The number of nitrogens with one attached hydrogen (secondary N) is 1. The summed E-state index contributed by atoms with van der Waals surface area (Å²) >= 11 is 0. The van der Waals surface area contributed by atoms with E-state index in [1.54, 1.807) is 19.1 Å². The van der Waals surface area contributed by atoms with Crippen molar-refractivity contribution in [3.05, 3.63) is 29.8 Å². The first-order valence-electron chi connectivity index (χ1n) is 5.71. The molecule has 0 aromatic heterocycles. The van der Waals surface area contributed by atoms with Gasteiger partial charge in [0.15, 0.2) is 0 Å². The average Bonchev–Trinajstić information content (AvgIpc) is 2.39. The maximum atomic E-state index is 11.7. The Morgan fingerprint density at radius 3 is 2.61 bits per heavy atom. The second kappa shape index (κ2) is 7.32. The number of nitrogens with zero attached hydrogens (tertiary/aromatic N) is 1. The predicted molar refractivity (Wildman–Crippen MR) is 68.2 cm³/mol. The molecule has 0 bridgehead atoms. The van der Waals surface area contributed by atoms with Crippen LogP contribution in [0.2, 0.25) is 0 Å². The molecule has 18 heavy (non-hydrogen) atoms. The molecule has 0 unspecified atom stereocenters. The molecule has 0 saturated carbocycles. The third-order valence-corrected chi connectivity index (χ3v) is 2.57. The highest BCUT2D eigenvalue weighted by Gasteiger charge is 2.08. The number of ether oxygens (including phenoxy) is 1. The van der Waals surface area contributed by atoms with E-state index >= 15 is 0 Å². The molecule has 1 rings (SSSR count). The molecule has 0 aliphatic carbocycles. The van der Waals surface area contributed by atoms with Crippen molar-refractivity contribution in [3.8, 4) is 5.75 Å². The first-order chi connectivity index (χ1) is 8.67. The Kier molecular flexibility index (Phi) is 5.70. The second-order valence-electron chi connectivity index (χ2n) is 3.92. The van der Waals surface area contributed by atoms with Crippen molar-refractivity contribution in [1.29, 1.82) is 0 Å². The molecule has 1 aromatic carbocycles. The molecule has 2 amide bonds. The van der Waals surface area contributed by atoms with Gasteiger partial charge in [-0.1, -0.05) is 12.1 Å². The van der Waals surface area contributed by atoms with Crippen LogP contribution in [0.25, 0.3) is 0 Å². The summed E-state index contributed by atoms with van der Waals surface area (Å²) < 4.78 is 5.07. The minimum Gasteiger partial charge on any atom is -0.497 e. The Morgan fingerprint density at radius 1 is 1.39 bits per heavy atom. The van der Waals surface area contributed by atoms with Gasteiger partial charge in [0.25, 0.3) is 0 Å². The zero-order valence-corrected chi connectivity index (χ0v) is 10.7. The molecular weight excluding hydrogens is 232 g/mol. The summed E-state index contributed by atoms with van der Waals surface area (Å²) in [4.78, 5) is 23.4. The molecule has 1 N–H and O–H groups in total. The molecule has 0 atom stereocenters. The van der Waals surface area contributed by atoms with Crippen molar-refractivity contribution in [2.75, 3.05) is 20.7 Å². The number of rotatable bonds is 7. The first-order valence-corrected chi connectivity index (χ1v) is 5.71. The van der Waals surface area contributed by atoms with Crippen LogP contribution in [0.3, 0.4) is 0 Å². The van der Waals surface area contributed by atoms with Crippen LogP contribution in [-0.4, -0.2) is 37.9 Å². The van der Waals surface area contributed by atoms with Crippen molar-refractivity contribution in [2.24, 2.45) is 0 Å². The van der Waals surface area contributed by atoms with Gasteiger partial charge in [-0.3, -0.25) is 9.59 Å². The fraction of sp³-hybridized carbons (Fsp3) is 0.385. The molecule has 0 spiro atoms. The maximum Gasteiger partial charge on any atom is 0.224 e. The summed E-state index contributed by atoms with van der Waals surface area (Å²) in [5.74, 6) is 0.795. The number of hydrogen-bond acceptors (Lipinski definition) is 3. The topological polar surface area (TPSA) is 58.6 Å². The van der Waals surface area contributed by atoms with Crippen molar-refractivity contribution in [1.82, 2.24) is 10.2 Å². The van der Waals surface area contributed by atoms with Gasteiger partial charge in [0.05, 0.1) is 7.11 Å². The van der Waals surface area contributed by atoms with Crippen molar-refractivity contribution >= 4 is 12.3 Å². The number of hydrogen-bond donors (Lipinski definition) is 1. The Hall–Kier alpha value is -2.04. The van der Waals surface area contributed by atoms with Gasteiger partial charge in [0.1, 0.15) is 5.75 Å². The van der Waals surface area contributed by atoms with Crippen LogP contribution >= 0.6 is 0 Å². The van der Waals surface area contributed by atoms with Gasteiger partial charge in [-0.15, -0.1) is 0 Å². The van der Waals surface area contributed by atoms with Crippen molar-refractivity contribution in [2.45, 2.75) is 13.0 Å². The van der Waals surface area contributed by atoms with Crippen LogP contribution in [-0.2, 0) is 16.1 Å². The summed E-state index contributed by atoms with van der Waals surface area (Å²) in [6.45, 7) is 0.916. The lowest BCUT2D eigenvalue weighted by Gasteiger charge is -2.17. The quantitative estimate of drug-likeness (QED) is 0.575. The van der Waals surface area contributed by atoms with Crippen molar-refractivity contribution < 1.29 is 14.3 Å². The number of methoxy groups -OCH3 is 1. The monoisotopic (exact) mass is 250 g/mol. The molecule has 98 valence electrons. The smallest absolute Gasteiger partial charge is 0.224 e. The second-order valence-corrected chi connectivity index (χ2v) is 3.92. The highest BCUT2D eigenvalue weighted by Crippen LogP contribution is 2.12. The van der Waals surface area contributed by atoms with Gasteiger partial charge in [-0.05, 0) is 17.7 Å². The van der Waals surface area contributed by atoms with E-state index in [9.17, 15) is 9.59 Å². The summed E-state index contributed by atoms with van der Waals surface area (Å²) in [6.07, 6.45) is 0.905. The van der Waals surface area contributed by atoms with E-state index in [0.717, 1.165) is 11.3 Å². The summed E-state index contributed by atoms with van der Waals surface area (Å²) in [5.41, 5.74) is 1.04. The molecule has 0 aliphatic rings. The summed E-state index contributed by atoms with van der Waals surface area (Å²) in [5, 5.41) is 2.47. The molecule has 0 radical (unpaired) electrons. The van der Waals surface area contributed by atoms with E-state index in [2.05, 4.69) is 5.32 Å². The Morgan fingerprint density at radius 2 is 2.06 bits per heavy atom. The van der Waals surface area contributed by atoms with E-state index in [-0.39, 0.29) is 5.91 Å². The lowest BCUT2D eigenvalue weighted by atomic mass is 10.2. The Labute approximate surface area is 107 Å².